The van der Waals surface area contributed by atoms with E-state index >= 15 is 0 Å². The van der Waals surface area contributed by atoms with Gasteiger partial charge in [0, 0.05) is 16.7 Å². The maximum atomic E-state index is 14.4. The smallest absolute Gasteiger partial charge is 0.417 e. The van der Waals surface area contributed by atoms with Crippen LogP contribution in [0.25, 0.3) is 22.3 Å². The van der Waals surface area contributed by atoms with Gasteiger partial charge in [-0.05, 0) is 75.4 Å². The molecule has 0 fully saturated rings. The molecule has 0 radical (unpaired) electrons. The van der Waals surface area contributed by atoms with E-state index in [0.29, 0.717) is 16.7 Å². The highest BCUT2D eigenvalue weighted by Crippen LogP contribution is 2.54. The average Bonchev–Trinajstić information content (AvgIpc) is 2.82. The van der Waals surface area contributed by atoms with Gasteiger partial charge < -0.3 is 9.84 Å². The number of alkyl halides is 3. The Morgan fingerprint density at radius 1 is 0.950 bits per heavy atom. The monoisotopic (exact) mass is 575 g/mol. The van der Waals surface area contributed by atoms with Gasteiger partial charge in [-0.2, -0.15) is 13.2 Å². The number of carbonyl (C=O) groups is 1. The Morgan fingerprint density at radius 2 is 1.55 bits per heavy atom. The number of aliphatic carboxylic acids is 1. The third-order valence-corrected chi connectivity index (χ3v) is 8.10. The number of sulfonamides is 1. The summed E-state index contributed by atoms with van der Waals surface area (Å²) in [5.41, 5.74) is 1.11. The van der Waals surface area contributed by atoms with Crippen molar-refractivity contribution in [3.05, 3.63) is 75.8 Å². The standard InChI is InChI=1S/C30H32F3NO5S/c1-16-11-13-19(14-12-16)22-17(2)23-25-20(9-8-10-21(25)30(31,32)33)15-34(40(7,37)38)26(23)18(3)24(22)27(28(35)36)39-29(4,5)6/h8-14,27H,15H2,1-7H3,(H,35,36)/t27-/m0/s1. The first kappa shape index (κ1) is 29.6. The van der Waals surface area contributed by atoms with E-state index in [2.05, 4.69) is 0 Å². The Balaban J connectivity index is 2.27. The molecule has 0 saturated heterocycles. The largest absolute Gasteiger partial charge is 0.479 e. The predicted molar refractivity (Wildman–Crippen MR) is 149 cm³/mol. The average molecular weight is 576 g/mol. The van der Waals surface area contributed by atoms with Crippen LogP contribution in [0.4, 0.5) is 18.9 Å². The molecule has 0 amide bonds. The van der Waals surface area contributed by atoms with Crippen molar-refractivity contribution in [2.75, 3.05) is 10.6 Å². The van der Waals surface area contributed by atoms with Crippen molar-refractivity contribution < 1.29 is 36.2 Å². The molecule has 1 N–H and O–H groups in total. The van der Waals surface area contributed by atoms with E-state index in [-0.39, 0.29) is 40.0 Å². The van der Waals surface area contributed by atoms with Gasteiger partial charge in [0.2, 0.25) is 10.0 Å². The number of carboxylic acid groups (broad SMARTS) is 1. The minimum absolute atomic E-state index is 0.0267. The molecule has 1 aliphatic heterocycles. The van der Waals surface area contributed by atoms with Crippen molar-refractivity contribution in [1.29, 1.82) is 0 Å². The zero-order valence-corrected chi connectivity index (χ0v) is 24.2. The molecule has 0 aromatic heterocycles. The fraction of sp³-hybridized carbons (Fsp3) is 0.367. The van der Waals surface area contributed by atoms with Gasteiger partial charge in [-0.25, -0.2) is 13.2 Å². The molecule has 3 aromatic carbocycles. The lowest BCUT2D eigenvalue weighted by atomic mass is 9.79. The molecule has 10 heteroatoms. The van der Waals surface area contributed by atoms with Gasteiger partial charge in [0.1, 0.15) is 0 Å². The highest BCUT2D eigenvalue weighted by molar-refractivity contribution is 7.92. The highest BCUT2D eigenvalue weighted by atomic mass is 32.2. The predicted octanol–water partition coefficient (Wildman–Crippen LogP) is 7.19. The first-order valence-corrected chi connectivity index (χ1v) is 14.5. The quantitative estimate of drug-likeness (QED) is 0.348. The summed E-state index contributed by atoms with van der Waals surface area (Å²) in [6, 6.07) is 10.9. The molecule has 0 aliphatic carbocycles. The van der Waals surface area contributed by atoms with E-state index in [4.69, 9.17) is 4.74 Å². The maximum Gasteiger partial charge on any atom is 0.417 e. The second-order valence-corrected chi connectivity index (χ2v) is 13.1. The topological polar surface area (TPSA) is 83.9 Å². The van der Waals surface area contributed by atoms with Crippen molar-refractivity contribution in [2.24, 2.45) is 0 Å². The number of fused-ring (bicyclic) bond motifs is 3. The van der Waals surface area contributed by atoms with E-state index in [1.165, 1.54) is 12.1 Å². The zero-order valence-electron chi connectivity index (χ0n) is 23.4. The van der Waals surface area contributed by atoms with Gasteiger partial charge in [-0.1, -0.05) is 42.0 Å². The molecule has 0 spiro atoms. The van der Waals surface area contributed by atoms with Gasteiger partial charge in [-0.3, -0.25) is 4.31 Å². The first-order valence-electron chi connectivity index (χ1n) is 12.6. The van der Waals surface area contributed by atoms with Crippen LogP contribution in [0.3, 0.4) is 0 Å². The Hall–Kier alpha value is -3.37. The normalized spacial score (nSPS) is 14.5. The molecule has 3 aromatic rings. The number of benzene rings is 3. The molecule has 214 valence electrons. The fourth-order valence-electron chi connectivity index (χ4n) is 5.41. The molecule has 4 rings (SSSR count). The van der Waals surface area contributed by atoms with Gasteiger partial charge in [0.15, 0.2) is 6.10 Å². The van der Waals surface area contributed by atoms with Crippen molar-refractivity contribution in [3.63, 3.8) is 0 Å². The lowest BCUT2D eigenvalue weighted by molar-refractivity contribution is -0.160. The number of halogens is 3. The second kappa shape index (κ2) is 9.92. The number of nitrogens with zero attached hydrogens (tertiary/aromatic N) is 1. The lowest BCUT2D eigenvalue weighted by Crippen LogP contribution is -2.35. The van der Waals surface area contributed by atoms with Crippen LogP contribution in [0, 0.1) is 20.8 Å². The molecule has 0 bridgehead atoms. The highest BCUT2D eigenvalue weighted by Gasteiger charge is 2.42. The summed E-state index contributed by atoms with van der Waals surface area (Å²) >= 11 is 0. The van der Waals surface area contributed by atoms with Crippen LogP contribution in [0.15, 0.2) is 42.5 Å². The minimum Gasteiger partial charge on any atom is -0.479 e. The third-order valence-electron chi connectivity index (χ3n) is 6.98. The van der Waals surface area contributed by atoms with Gasteiger partial charge >= 0.3 is 12.1 Å². The second-order valence-electron chi connectivity index (χ2n) is 11.2. The van der Waals surface area contributed by atoms with E-state index in [1.807, 2.05) is 19.1 Å². The molecular formula is C30H32F3NO5S. The summed E-state index contributed by atoms with van der Waals surface area (Å²) in [6.45, 7) is 9.81. The molecule has 1 heterocycles. The van der Waals surface area contributed by atoms with Crippen molar-refractivity contribution >= 4 is 21.7 Å². The van der Waals surface area contributed by atoms with Gasteiger partial charge in [0.25, 0.3) is 0 Å². The van der Waals surface area contributed by atoms with Crippen LogP contribution in [-0.2, 0) is 32.3 Å². The summed E-state index contributed by atoms with van der Waals surface area (Å²) in [6.07, 6.45) is -5.25. The number of carboxylic acids is 1. The molecule has 0 saturated carbocycles. The number of ether oxygens (including phenoxy) is 1. The van der Waals surface area contributed by atoms with Gasteiger partial charge in [0.05, 0.1) is 29.7 Å². The van der Waals surface area contributed by atoms with Crippen LogP contribution in [0.1, 0.15) is 60.3 Å². The van der Waals surface area contributed by atoms with Gasteiger partial charge in [-0.15, -0.1) is 0 Å². The number of anilines is 1. The van der Waals surface area contributed by atoms with Crippen LogP contribution in [0.2, 0.25) is 0 Å². The zero-order chi connectivity index (χ0) is 29.9. The Morgan fingerprint density at radius 3 is 2.05 bits per heavy atom. The van der Waals surface area contributed by atoms with Crippen molar-refractivity contribution in [3.8, 4) is 22.3 Å². The van der Waals surface area contributed by atoms with E-state index in [0.717, 1.165) is 22.2 Å². The van der Waals surface area contributed by atoms with E-state index in [1.54, 1.807) is 46.8 Å². The summed E-state index contributed by atoms with van der Waals surface area (Å²) in [5.74, 6) is -1.30. The minimum atomic E-state index is -4.71. The lowest BCUT2D eigenvalue weighted by Gasteiger charge is -2.38. The van der Waals surface area contributed by atoms with E-state index < -0.39 is 39.4 Å². The Kier molecular flexibility index (Phi) is 7.34. The van der Waals surface area contributed by atoms with Crippen LogP contribution in [-0.4, -0.2) is 31.4 Å². The third kappa shape index (κ3) is 5.34. The molecule has 0 unspecified atom stereocenters. The van der Waals surface area contributed by atoms with Crippen LogP contribution in [0.5, 0.6) is 0 Å². The summed E-state index contributed by atoms with van der Waals surface area (Å²) in [5, 5.41) is 10.4. The maximum absolute atomic E-state index is 14.4. The molecule has 6 nitrogen and oxygen atoms in total. The van der Waals surface area contributed by atoms with Crippen LogP contribution >= 0.6 is 0 Å². The van der Waals surface area contributed by atoms with Crippen molar-refractivity contribution in [2.45, 2.75) is 66.0 Å². The number of hydrogen-bond donors (Lipinski definition) is 1. The molecule has 40 heavy (non-hydrogen) atoms. The first-order chi connectivity index (χ1) is 18.3. The van der Waals surface area contributed by atoms with Crippen molar-refractivity contribution in [1.82, 2.24) is 0 Å². The summed E-state index contributed by atoms with van der Waals surface area (Å²) < 4.78 is 76.4. The van der Waals surface area contributed by atoms with E-state index in [9.17, 15) is 31.5 Å². The number of hydrogen-bond acceptors (Lipinski definition) is 4. The molecular weight excluding hydrogens is 543 g/mol. The molecule has 1 atom stereocenters. The summed E-state index contributed by atoms with van der Waals surface area (Å²) in [4.78, 5) is 12.7. The Bertz CT molecular complexity index is 1600. The Labute approximate surface area is 232 Å². The molecule has 1 aliphatic rings. The van der Waals surface area contributed by atoms with Crippen LogP contribution < -0.4 is 4.31 Å². The fourth-order valence-corrected chi connectivity index (χ4v) is 6.34. The summed E-state index contributed by atoms with van der Waals surface area (Å²) in [7, 11) is -3.99. The number of rotatable bonds is 5. The number of aryl methyl sites for hydroxylation is 1. The SMILES string of the molecule is Cc1ccc(-c2c(C)c3c(c(C)c2[C@H](OC(C)(C)C)C(=O)O)N(S(C)(=O)=O)Cc2cccc(C(F)(F)F)c2-3)cc1.